The largest absolute Gasteiger partial charge is 0.480 e. The molecule has 0 bridgehead atoms. The highest BCUT2D eigenvalue weighted by atomic mass is 32.2. The van der Waals surface area contributed by atoms with E-state index >= 15 is 0 Å². The lowest BCUT2D eigenvalue weighted by Gasteiger charge is -2.17. The minimum Gasteiger partial charge on any atom is -0.480 e. The molecule has 0 aromatic carbocycles. The zero-order chi connectivity index (χ0) is 15.3. The van der Waals surface area contributed by atoms with Crippen LogP contribution in [0.1, 0.15) is 6.42 Å². The first-order valence-electron chi connectivity index (χ1n) is 6.09. The lowest BCUT2D eigenvalue weighted by Crippen LogP contribution is -2.29. The molecule has 1 aromatic rings. The Kier molecular flexibility index (Phi) is 5.66. The monoisotopic (exact) mass is 304 g/mol. The number of carbonyl (C=O) groups is 1. The Hall–Kier alpha value is -1.45. The summed E-state index contributed by atoms with van der Waals surface area (Å²) in [4.78, 5) is 12.5. The lowest BCUT2D eigenvalue weighted by atomic mass is 10.4. The van der Waals surface area contributed by atoms with Gasteiger partial charge < -0.3 is 10.0 Å². The van der Waals surface area contributed by atoms with E-state index in [1.165, 1.54) is 23.7 Å². The number of rotatable bonds is 8. The molecule has 1 heterocycles. The van der Waals surface area contributed by atoms with Crippen molar-refractivity contribution in [1.82, 2.24) is 19.0 Å². The number of sulfonamides is 1. The Balaban J connectivity index is 2.72. The summed E-state index contributed by atoms with van der Waals surface area (Å²) in [6, 6.07) is 0. The molecule has 0 saturated carbocycles. The third-order valence-electron chi connectivity index (χ3n) is 2.69. The number of hydrogen-bond acceptors (Lipinski definition) is 5. The van der Waals surface area contributed by atoms with Crippen LogP contribution in [-0.2, 0) is 21.4 Å². The van der Waals surface area contributed by atoms with Gasteiger partial charge in [-0.05, 0) is 27.1 Å². The number of carboxylic acid groups (broad SMARTS) is 1. The van der Waals surface area contributed by atoms with Gasteiger partial charge in [0.05, 0.1) is 6.20 Å². The Bertz CT molecular complexity index is 553. The first-order valence-corrected chi connectivity index (χ1v) is 7.53. The fourth-order valence-electron chi connectivity index (χ4n) is 1.61. The molecule has 1 N–H and O–H groups in total. The van der Waals surface area contributed by atoms with Crippen LogP contribution in [0.3, 0.4) is 0 Å². The van der Waals surface area contributed by atoms with Gasteiger partial charge in [-0.25, -0.2) is 12.7 Å². The molecule has 0 spiro atoms. The van der Waals surface area contributed by atoms with Crippen LogP contribution in [0.25, 0.3) is 0 Å². The first-order chi connectivity index (χ1) is 9.23. The van der Waals surface area contributed by atoms with Crippen LogP contribution in [0, 0.1) is 0 Å². The number of carboxylic acids is 1. The molecule has 0 amide bonds. The minimum atomic E-state index is -3.61. The van der Waals surface area contributed by atoms with Crippen molar-refractivity contribution < 1.29 is 18.3 Å². The SMILES string of the molecule is CN(C)CCCN(C)S(=O)(=O)c1cnn(CC(=O)O)c1. The topological polar surface area (TPSA) is 95.7 Å². The highest BCUT2D eigenvalue weighted by Gasteiger charge is 2.22. The number of aliphatic carboxylic acids is 1. The normalized spacial score (nSPS) is 12.2. The van der Waals surface area contributed by atoms with Crippen molar-refractivity contribution >= 4 is 16.0 Å². The Morgan fingerprint density at radius 1 is 1.35 bits per heavy atom. The molecule has 0 atom stereocenters. The number of nitrogens with zero attached hydrogens (tertiary/aromatic N) is 4. The minimum absolute atomic E-state index is 0.00565. The van der Waals surface area contributed by atoms with Crippen molar-refractivity contribution in [3.05, 3.63) is 12.4 Å². The first kappa shape index (κ1) is 16.6. The fraction of sp³-hybridized carbons (Fsp3) is 0.636. The molecular weight excluding hydrogens is 284 g/mol. The molecule has 0 aliphatic rings. The highest BCUT2D eigenvalue weighted by molar-refractivity contribution is 7.89. The van der Waals surface area contributed by atoms with Crippen LogP contribution in [-0.4, -0.2) is 72.7 Å². The van der Waals surface area contributed by atoms with Crippen LogP contribution in [0.5, 0.6) is 0 Å². The fourth-order valence-corrected chi connectivity index (χ4v) is 2.78. The second-order valence-corrected chi connectivity index (χ2v) is 6.80. The number of aromatic nitrogens is 2. The maximum absolute atomic E-state index is 12.2. The highest BCUT2D eigenvalue weighted by Crippen LogP contribution is 2.13. The molecule has 20 heavy (non-hydrogen) atoms. The summed E-state index contributed by atoms with van der Waals surface area (Å²) >= 11 is 0. The van der Waals surface area contributed by atoms with Crippen LogP contribution >= 0.6 is 0 Å². The van der Waals surface area contributed by atoms with Gasteiger partial charge in [0.25, 0.3) is 0 Å². The quantitative estimate of drug-likeness (QED) is 0.698. The van der Waals surface area contributed by atoms with E-state index in [-0.39, 0.29) is 11.4 Å². The summed E-state index contributed by atoms with van der Waals surface area (Å²) in [5.74, 6) is -1.07. The smallest absolute Gasteiger partial charge is 0.325 e. The van der Waals surface area contributed by atoms with Gasteiger partial charge in [-0.1, -0.05) is 0 Å². The maximum atomic E-state index is 12.2. The van der Waals surface area contributed by atoms with Crippen molar-refractivity contribution in [2.45, 2.75) is 17.9 Å². The van der Waals surface area contributed by atoms with Gasteiger partial charge in [0.2, 0.25) is 10.0 Å². The zero-order valence-corrected chi connectivity index (χ0v) is 12.7. The molecule has 9 heteroatoms. The molecule has 0 unspecified atom stereocenters. The van der Waals surface area contributed by atoms with E-state index in [0.717, 1.165) is 11.2 Å². The van der Waals surface area contributed by atoms with Crippen molar-refractivity contribution in [1.29, 1.82) is 0 Å². The maximum Gasteiger partial charge on any atom is 0.325 e. The van der Waals surface area contributed by atoms with Crippen molar-refractivity contribution in [3.63, 3.8) is 0 Å². The Labute approximate surface area is 118 Å². The third-order valence-corrected chi connectivity index (χ3v) is 4.50. The lowest BCUT2D eigenvalue weighted by molar-refractivity contribution is -0.137. The molecule has 1 rings (SSSR count). The molecule has 0 aliphatic heterocycles. The van der Waals surface area contributed by atoms with E-state index in [9.17, 15) is 13.2 Å². The molecule has 0 radical (unpaired) electrons. The summed E-state index contributed by atoms with van der Waals surface area (Å²) in [7, 11) is 1.73. The van der Waals surface area contributed by atoms with Gasteiger partial charge in [0.15, 0.2) is 0 Å². The van der Waals surface area contributed by atoms with Crippen LogP contribution in [0.15, 0.2) is 17.3 Å². The summed E-state index contributed by atoms with van der Waals surface area (Å²) < 4.78 is 26.8. The van der Waals surface area contributed by atoms with E-state index < -0.39 is 16.0 Å². The van der Waals surface area contributed by atoms with Gasteiger partial charge >= 0.3 is 5.97 Å². The van der Waals surface area contributed by atoms with Gasteiger partial charge in [0.1, 0.15) is 11.4 Å². The molecule has 8 nitrogen and oxygen atoms in total. The molecule has 114 valence electrons. The van der Waals surface area contributed by atoms with Gasteiger partial charge in [-0.3, -0.25) is 9.48 Å². The summed E-state index contributed by atoms with van der Waals surface area (Å²) in [6.45, 7) is 0.822. The summed E-state index contributed by atoms with van der Waals surface area (Å²) in [6.07, 6.45) is 3.11. The third kappa shape index (κ3) is 4.58. The van der Waals surface area contributed by atoms with Crippen molar-refractivity contribution in [2.24, 2.45) is 0 Å². The van der Waals surface area contributed by atoms with Crippen LogP contribution in [0.2, 0.25) is 0 Å². The zero-order valence-electron chi connectivity index (χ0n) is 11.9. The second kappa shape index (κ2) is 6.82. The number of hydrogen-bond donors (Lipinski definition) is 1. The molecule has 0 aliphatic carbocycles. The van der Waals surface area contributed by atoms with E-state index in [2.05, 4.69) is 5.10 Å². The van der Waals surface area contributed by atoms with Crippen LogP contribution < -0.4 is 0 Å². The van der Waals surface area contributed by atoms with E-state index in [0.29, 0.717) is 13.0 Å². The predicted molar refractivity (Wildman–Crippen MR) is 72.8 cm³/mol. The van der Waals surface area contributed by atoms with E-state index in [4.69, 9.17) is 5.11 Å². The Morgan fingerprint density at radius 2 is 2.00 bits per heavy atom. The molecule has 0 saturated heterocycles. The summed E-state index contributed by atoms with van der Waals surface area (Å²) in [5, 5.41) is 12.4. The molecule has 1 aromatic heterocycles. The molecular formula is C11H20N4O4S. The Morgan fingerprint density at radius 3 is 2.55 bits per heavy atom. The van der Waals surface area contributed by atoms with Crippen LogP contribution in [0.4, 0.5) is 0 Å². The van der Waals surface area contributed by atoms with Gasteiger partial charge in [-0.2, -0.15) is 5.10 Å². The van der Waals surface area contributed by atoms with Crippen molar-refractivity contribution in [2.75, 3.05) is 34.2 Å². The average Bonchev–Trinajstić information content (AvgIpc) is 2.76. The standard InChI is InChI=1S/C11H20N4O4S/c1-13(2)5-4-6-14(3)20(18,19)10-7-12-15(8-10)9-11(16)17/h7-8H,4-6,9H2,1-3H3,(H,16,17). The summed E-state index contributed by atoms with van der Waals surface area (Å²) in [5.41, 5.74) is 0. The molecule has 0 fully saturated rings. The average molecular weight is 304 g/mol. The van der Waals surface area contributed by atoms with Gasteiger partial charge in [0, 0.05) is 19.8 Å². The predicted octanol–water partition coefficient (Wildman–Crippen LogP) is -0.460. The van der Waals surface area contributed by atoms with Crippen molar-refractivity contribution in [3.8, 4) is 0 Å². The van der Waals surface area contributed by atoms with E-state index in [1.54, 1.807) is 0 Å². The van der Waals surface area contributed by atoms with E-state index in [1.807, 2.05) is 19.0 Å². The van der Waals surface area contributed by atoms with Gasteiger partial charge in [-0.15, -0.1) is 0 Å². The second-order valence-electron chi connectivity index (χ2n) is 4.75.